The summed E-state index contributed by atoms with van der Waals surface area (Å²) in [4.78, 5) is 0. The number of para-hydroxylation sites is 1. The Morgan fingerprint density at radius 1 is 1.31 bits per heavy atom. The number of nitrogens with two attached hydrogens (primary N) is 1. The summed E-state index contributed by atoms with van der Waals surface area (Å²) in [6.45, 7) is 1.55. The Hall–Kier alpha value is -1.13. The Bertz CT molecular complexity index is 318. The average molecular weight is 227 g/mol. The molecule has 0 radical (unpaired) electrons. The molecule has 0 aliphatic carbocycles. The molecule has 0 amide bonds. The predicted octanol–water partition coefficient (Wildman–Crippen LogP) is 1.74. The van der Waals surface area contributed by atoms with Crippen molar-refractivity contribution in [2.75, 3.05) is 26.9 Å². The van der Waals surface area contributed by atoms with Crippen LogP contribution in [0.1, 0.15) is 12.0 Å². The third-order valence-electron chi connectivity index (χ3n) is 2.20. The highest BCUT2D eigenvalue weighted by Gasteiger charge is 2.08. The first kappa shape index (κ1) is 12.9. The Balaban J connectivity index is 2.61. The van der Waals surface area contributed by atoms with Crippen LogP contribution in [0, 0.1) is 5.82 Å². The van der Waals surface area contributed by atoms with E-state index < -0.39 is 0 Å². The molecular weight excluding hydrogens is 209 g/mol. The molecule has 4 heteroatoms. The van der Waals surface area contributed by atoms with Gasteiger partial charge in [-0.15, -0.1) is 0 Å². The fourth-order valence-corrected chi connectivity index (χ4v) is 1.45. The summed E-state index contributed by atoms with van der Waals surface area (Å²) in [6.07, 6.45) is 1.37. The molecule has 0 aliphatic rings. The van der Waals surface area contributed by atoms with Crippen molar-refractivity contribution < 1.29 is 13.9 Å². The van der Waals surface area contributed by atoms with E-state index in [0.717, 1.165) is 12.0 Å². The fraction of sp³-hybridized carbons (Fsp3) is 0.500. The van der Waals surface area contributed by atoms with Crippen LogP contribution >= 0.6 is 0 Å². The van der Waals surface area contributed by atoms with Crippen molar-refractivity contribution in [2.45, 2.75) is 12.8 Å². The van der Waals surface area contributed by atoms with Crippen LogP contribution in [0.3, 0.4) is 0 Å². The van der Waals surface area contributed by atoms with Crippen LogP contribution in [0.5, 0.6) is 5.75 Å². The smallest absolute Gasteiger partial charge is 0.165 e. The topological polar surface area (TPSA) is 44.5 Å². The maximum atomic E-state index is 13.5. The molecule has 1 aromatic rings. The van der Waals surface area contributed by atoms with Gasteiger partial charge < -0.3 is 15.2 Å². The summed E-state index contributed by atoms with van der Waals surface area (Å²) in [7, 11) is 1.63. The van der Waals surface area contributed by atoms with E-state index in [-0.39, 0.29) is 5.82 Å². The largest absolute Gasteiger partial charge is 0.490 e. The highest BCUT2D eigenvalue weighted by atomic mass is 19.1. The minimum Gasteiger partial charge on any atom is -0.490 e. The first-order valence-electron chi connectivity index (χ1n) is 5.38. The van der Waals surface area contributed by atoms with Gasteiger partial charge in [-0.2, -0.15) is 0 Å². The molecule has 1 rings (SSSR count). The number of benzene rings is 1. The molecule has 1 aromatic carbocycles. The van der Waals surface area contributed by atoms with Gasteiger partial charge in [-0.3, -0.25) is 0 Å². The van der Waals surface area contributed by atoms with E-state index in [1.54, 1.807) is 13.2 Å². The zero-order chi connectivity index (χ0) is 11.8. The number of halogens is 1. The third-order valence-corrected chi connectivity index (χ3v) is 2.20. The van der Waals surface area contributed by atoms with Gasteiger partial charge in [0.05, 0.1) is 6.61 Å². The normalized spacial score (nSPS) is 10.4. The molecule has 0 unspecified atom stereocenters. The molecule has 90 valence electrons. The second-order valence-corrected chi connectivity index (χ2v) is 3.46. The highest BCUT2D eigenvalue weighted by Crippen LogP contribution is 2.23. The van der Waals surface area contributed by atoms with E-state index in [4.69, 9.17) is 15.2 Å². The summed E-state index contributed by atoms with van der Waals surface area (Å²) in [5, 5.41) is 0. The molecule has 0 aromatic heterocycles. The van der Waals surface area contributed by atoms with Crippen molar-refractivity contribution in [3.63, 3.8) is 0 Å². The predicted molar refractivity (Wildman–Crippen MR) is 61.1 cm³/mol. The van der Waals surface area contributed by atoms with E-state index in [9.17, 15) is 4.39 Å². The first-order valence-corrected chi connectivity index (χ1v) is 5.38. The summed E-state index contributed by atoms with van der Waals surface area (Å²) in [6, 6.07) is 4.90. The van der Waals surface area contributed by atoms with Crippen LogP contribution in [0.2, 0.25) is 0 Å². The SMILES string of the molecule is COCCCOc1c(F)cccc1CCN. The van der Waals surface area contributed by atoms with Gasteiger partial charge in [0.25, 0.3) is 0 Å². The molecule has 0 fully saturated rings. The number of rotatable bonds is 7. The molecule has 16 heavy (non-hydrogen) atoms. The lowest BCUT2D eigenvalue weighted by molar-refractivity contribution is 0.170. The summed E-state index contributed by atoms with van der Waals surface area (Å²) in [5.41, 5.74) is 6.28. The molecule has 0 atom stereocenters. The quantitative estimate of drug-likeness (QED) is 0.722. The highest BCUT2D eigenvalue weighted by molar-refractivity contribution is 5.35. The van der Waals surface area contributed by atoms with Crippen molar-refractivity contribution in [1.29, 1.82) is 0 Å². The maximum Gasteiger partial charge on any atom is 0.165 e. The van der Waals surface area contributed by atoms with Gasteiger partial charge in [0, 0.05) is 20.1 Å². The lowest BCUT2D eigenvalue weighted by Gasteiger charge is -2.11. The van der Waals surface area contributed by atoms with Gasteiger partial charge in [0.15, 0.2) is 11.6 Å². The van der Waals surface area contributed by atoms with Crippen molar-refractivity contribution in [3.05, 3.63) is 29.6 Å². The van der Waals surface area contributed by atoms with Crippen LogP contribution in [-0.4, -0.2) is 26.9 Å². The van der Waals surface area contributed by atoms with Crippen LogP contribution in [0.25, 0.3) is 0 Å². The molecular formula is C12H18FNO2. The van der Waals surface area contributed by atoms with Crippen LogP contribution in [0.4, 0.5) is 4.39 Å². The zero-order valence-corrected chi connectivity index (χ0v) is 9.54. The lowest BCUT2D eigenvalue weighted by Crippen LogP contribution is -2.08. The fourth-order valence-electron chi connectivity index (χ4n) is 1.45. The van der Waals surface area contributed by atoms with E-state index in [0.29, 0.717) is 31.9 Å². The zero-order valence-electron chi connectivity index (χ0n) is 9.54. The van der Waals surface area contributed by atoms with Gasteiger partial charge in [-0.1, -0.05) is 12.1 Å². The van der Waals surface area contributed by atoms with Crippen molar-refractivity contribution >= 4 is 0 Å². The summed E-state index contributed by atoms with van der Waals surface area (Å²) < 4.78 is 23.8. The van der Waals surface area contributed by atoms with Gasteiger partial charge in [0.1, 0.15) is 0 Å². The summed E-state index contributed by atoms with van der Waals surface area (Å²) in [5.74, 6) is -0.00702. The second kappa shape index (κ2) is 7.19. The molecule has 0 saturated heterocycles. The lowest BCUT2D eigenvalue weighted by atomic mass is 10.1. The molecule has 0 saturated carbocycles. The van der Waals surface area contributed by atoms with Gasteiger partial charge in [0.2, 0.25) is 0 Å². The Kier molecular flexibility index (Phi) is 5.82. The number of hydrogen-bond donors (Lipinski definition) is 1. The van der Waals surface area contributed by atoms with Crippen molar-refractivity contribution in [3.8, 4) is 5.75 Å². The Labute approximate surface area is 95.4 Å². The number of hydrogen-bond acceptors (Lipinski definition) is 3. The molecule has 0 heterocycles. The van der Waals surface area contributed by atoms with Gasteiger partial charge >= 0.3 is 0 Å². The molecule has 3 nitrogen and oxygen atoms in total. The molecule has 0 aliphatic heterocycles. The van der Waals surface area contributed by atoms with Crippen LogP contribution in [0.15, 0.2) is 18.2 Å². The van der Waals surface area contributed by atoms with Gasteiger partial charge in [-0.05, 0) is 24.6 Å². The van der Waals surface area contributed by atoms with Crippen LogP contribution < -0.4 is 10.5 Å². The van der Waals surface area contributed by atoms with Gasteiger partial charge in [-0.25, -0.2) is 4.39 Å². The van der Waals surface area contributed by atoms with Crippen molar-refractivity contribution in [2.24, 2.45) is 5.73 Å². The van der Waals surface area contributed by atoms with Crippen LogP contribution in [-0.2, 0) is 11.2 Å². The summed E-state index contributed by atoms with van der Waals surface area (Å²) >= 11 is 0. The molecule has 0 bridgehead atoms. The standard InChI is InChI=1S/C12H18FNO2/c1-15-8-3-9-16-12-10(6-7-14)4-2-5-11(12)13/h2,4-5H,3,6-9,14H2,1H3. The average Bonchev–Trinajstić information content (AvgIpc) is 2.28. The Morgan fingerprint density at radius 3 is 2.81 bits per heavy atom. The first-order chi connectivity index (χ1) is 7.79. The molecule has 0 spiro atoms. The van der Waals surface area contributed by atoms with E-state index >= 15 is 0 Å². The second-order valence-electron chi connectivity index (χ2n) is 3.46. The van der Waals surface area contributed by atoms with E-state index in [1.807, 2.05) is 6.07 Å². The number of methoxy groups -OCH3 is 1. The van der Waals surface area contributed by atoms with Crippen molar-refractivity contribution in [1.82, 2.24) is 0 Å². The molecule has 2 N–H and O–H groups in total. The minimum absolute atomic E-state index is 0.323. The third kappa shape index (κ3) is 3.79. The number of ether oxygens (including phenoxy) is 2. The van der Waals surface area contributed by atoms with E-state index in [1.165, 1.54) is 6.07 Å². The monoisotopic (exact) mass is 227 g/mol. The maximum absolute atomic E-state index is 13.5. The van der Waals surface area contributed by atoms with E-state index in [2.05, 4.69) is 0 Å². The minimum atomic E-state index is -0.330. The Morgan fingerprint density at radius 2 is 2.12 bits per heavy atom.